The molecule has 0 unspecified atom stereocenters. The van der Waals surface area contributed by atoms with Crippen LogP contribution in [0.25, 0.3) is 105 Å². The first-order valence-electron chi connectivity index (χ1n) is 23.5. The number of nitrogens with zero attached hydrogens (tertiary/aromatic N) is 2. The van der Waals surface area contributed by atoms with Crippen LogP contribution in [-0.4, -0.2) is 4.57 Å². The Bertz CT molecular complexity index is 3990. The Morgan fingerprint density at radius 3 is 1.64 bits per heavy atom. The number of rotatable bonds is 9. The van der Waals surface area contributed by atoms with E-state index >= 15 is 4.39 Å². The maximum absolute atomic E-state index is 17.2. The van der Waals surface area contributed by atoms with Gasteiger partial charge in [-0.25, -0.2) is 4.39 Å². The minimum Gasteiger partial charge on any atom is -0.309 e. The van der Waals surface area contributed by atoms with Crippen LogP contribution < -0.4 is 4.90 Å². The van der Waals surface area contributed by atoms with E-state index in [9.17, 15) is 0 Å². The molecular formula is C66H43FN2. The molecule has 0 radical (unpaired) electrons. The second-order valence-electron chi connectivity index (χ2n) is 17.7. The lowest BCUT2D eigenvalue weighted by Crippen LogP contribution is -2.13. The van der Waals surface area contributed by atoms with Crippen LogP contribution >= 0.6 is 0 Å². The van der Waals surface area contributed by atoms with Crippen molar-refractivity contribution in [2.75, 3.05) is 4.90 Å². The number of benzene rings is 12. The number of para-hydroxylation sites is 2. The lowest BCUT2D eigenvalue weighted by molar-refractivity contribution is 0.630. The van der Waals surface area contributed by atoms with Crippen molar-refractivity contribution in [2.24, 2.45) is 0 Å². The number of hydrogen-bond donors (Lipinski definition) is 0. The highest BCUT2D eigenvalue weighted by Crippen LogP contribution is 2.47. The molecule has 13 rings (SSSR count). The zero-order valence-electron chi connectivity index (χ0n) is 37.6. The molecule has 0 aliphatic carbocycles. The molecule has 0 saturated carbocycles. The molecular weight excluding hydrogens is 840 g/mol. The van der Waals surface area contributed by atoms with Gasteiger partial charge in [0.25, 0.3) is 0 Å². The Hall–Kier alpha value is -9.05. The second kappa shape index (κ2) is 16.7. The molecule has 12 aromatic carbocycles. The normalized spacial score (nSPS) is 11.8. The number of aromatic nitrogens is 1. The van der Waals surface area contributed by atoms with Gasteiger partial charge in [-0.3, -0.25) is 0 Å². The molecule has 1 aromatic heterocycles. The van der Waals surface area contributed by atoms with Crippen molar-refractivity contribution in [3.63, 3.8) is 0 Å². The standard InChI is InChI=1S/C66H43FN2/c67-60-43-49(44-18-5-1-6-19-44)42-59(45-20-7-2-8-21-45)66(60)68(50-23-9-3-10-24-50)52-37-32-48(33-38-52)63-57-29-15-13-27-54(57)56(55-28-14-16-30-58(55)63)40-34-46-36-41-62-65-53(46)39-35-47-22-17-31-61(64(47)65)69(62)51-25-11-4-12-26-51/h1-43H/b40-34+. The van der Waals surface area contributed by atoms with Crippen LogP contribution in [0.2, 0.25) is 0 Å². The topological polar surface area (TPSA) is 8.17 Å². The summed E-state index contributed by atoms with van der Waals surface area (Å²) < 4.78 is 19.6. The fraction of sp³-hybridized carbons (Fsp3) is 0. The number of halogens is 1. The number of fused-ring (bicyclic) bond motifs is 2. The van der Waals surface area contributed by atoms with Crippen molar-refractivity contribution >= 4 is 83.3 Å². The van der Waals surface area contributed by atoms with E-state index in [1.807, 2.05) is 78.9 Å². The zero-order chi connectivity index (χ0) is 45.8. The van der Waals surface area contributed by atoms with Crippen molar-refractivity contribution in [3.05, 3.63) is 266 Å². The van der Waals surface area contributed by atoms with Crippen LogP contribution in [0.15, 0.2) is 249 Å². The lowest BCUT2D eigenvalue weighted by Gasteiger charge is -2.29. The van der Waals surface area contributed by atoms with Crippen LogP contribution in [0.1, 0.15) is 11.1 Å². The molecule has 0 fully saturated rings. The molecule has 13 aromatic rings. The molecule has 2 nitrogen and oxygen atoms in total. The average molecular weight is 883 g/mol. The van der Waals surface area contributed by atoms with Crippen LogP contribution in [0, 0.1) is 5.82 Å². The van der Waals surface area contributed by atoms with Crippen molar-refractivity contribution in [2.45, 2.75) is 0 Å². The Balaban J connectivity index is 0.942. The molecule has 324 valence electrons. The van der Waals surface area contributed by atoms with E-state index < -0.39 is 0 Å². The molecule has 69 heavy (non-hydrogen) atoms. The van der Waals surface area contributed by atoms with Gasteiger partial charge in [0.15, 0.2) is 0 Å². The molecule has 0 aliphatic heterocycles. The number of hydrogen-bond acceptors (Lipinski definition) is 1. The Kier molecular flexibility index (Phi) is 9.73. The van der Waals surface area contributed by atoms with Crippen LogP contribution in [0.4, 0.5) is 21.5 Å². The lowest BCUT2D eigenvalue weighted by atomic mass is 9.88. The minimum atomic E-state index is -0.298. The molecule has 3 heteroatoms. The van der Waals surface area contributed by atoms with Crippen LogP contribution in [-0.2, 0) is 0 Å². The van der Waals surface area contributed by atoms with Gasteiger partial charge in [-0.15, -0.1) is 0 Å². The quantitative estimate of drug-likeness (QED) is 0.0797. The zero-order valence-corrected chi connectivity index (χ0v) is 37.6. The van der Waals surface area contributed by atoms with Crippen molar-refractivity contribution in [3.8, 4) is 39.1 Å². The first kappa shape index (κ1) is 40.2. The van der Waals surface area contributed by atoms with Crippen molar-refractivity contribution in [1.29, 1.82) is 0 Å². The Morgan fingerprint density at radius 1 is 0.377 bits per heavy atom. The Labute approximate surface area is 400 Å². The third-order valence-electron chi connectivity index (χ3n) is 13.8. The fourth-order valence-electron chi connectivity index (χ4n) is 10.8. The third-order valence-corrected chi connectivity index (χ3v) is 13.8. The van der Waals surface area contributed by atoms with E-state index in [0.717, 1.165) is 44.9 Å². The summed E-state index contributed by atoms with van der Waals surface area (Å²) in [4.78, 5) is 2.06. The Morgan fingerprint density at radius 2 is 0.957 bits per heavy atom. The number of anilines is 3. The predicted octanol–water partition coefficient (Wildman–Crippen LogP) is 18.5. The summed E-state index contributed by atoms with van der Waals surface area (Å²) in [6, 6.07) is 86.6. The predicted molar refractivity (Wildman–Crippen MR) is 291 cm³/mol. The van der Waals surface area contributed by atoms with Crippen molar-refractivity contribution < 1.29 is 4.39 Å². The third kappa shape index (κ3) is 6.78. The average Bonchev–Trinajstić information content (AvgIpc) is 3.76. The highest BCUT2D eigenvalue weighted by atomic mass is 19.1. The summed E-state index contributed by atoms with van der Waals surface area (Å²) in [6.45, 7) is 0. The van der Waals surface area contributed by atoms with Gasteiger partial charge in [0, 0.05) is 33.4 Å². The van der Waals surface area contributed by atoms with Crippen LogP contribution in [0.5, 0.6) is 0 Å². The van der Waals surface area contributed by atoms with Gasteiger partial charge in [0.2, 0.25) is 0 Å². The fourth-order valence-corrected chi connectivity index (χ4v) is 10.8. The molecule has 0 atom stereocenters. The summed E-state index contributed by atoms with van der Waals surface area (Å²) in [5.74, 6) is -0.298. The summed E-state index contributed by atoms with van der Waals surface area (Å²) in [5, 5.41) is 9.77. The first-order chi connectivity index (χ1) is 34.2. The van der Waals surface area contributed by atoms with E-state index in [1.54, 1.807) is 6.07 Å². The molecule has 0 amide bonds. The summed E-state index contributed by atoms with van der Waals surface area (Å²) in [5.41, 5.74) is 14.0. The largest absolute Gasteiger partial charge is 0.309 e. The van der Waals surface area contributed by atoms with E-state index in [-0.39, 0.29) is 5.82 Å². The maximum atomic E-state index is 17.2. The van der Waals surface area contributed by atoms with Gasteiger partial charge in [0.1, 0.15) is 5.82 Å². The molecule has 0 aliphatic rings. The van der Waals surface area contributed by atoms with Gasteiger partial charge in [0.05, 0.1) is 16.7 Å². The van der Waals surface area contributed by atoms with E-state index in [1.165, 1.54) is 70.8 Å². The van der Waals surface area contributed by atoms with Gasteiger partial charge in [-0.1, -0.05) is 200 Å². The molecule has 0 spiro atoms. The molecule has 0 bridgehead atoms. The van der Waals surface area contributed by atoms with Crippen molar-refractivity contribution in [1.82, 2.24) is 4.57 Å². The van der Waals surface area contributed by atoms with Gasteiger partial charge < -0.3 is 9.47 Å². The van der Waals surface area contributed by atoms with E-state index in [4.69, 9.17) is 0 Å². The van der Waals surface area contributed by atoms with Gasteiger partial charge in [-0.05, 0) is 132 Å². The SMILES string of the molecule is Fc1cc(-c2ccccc2)cc(-c2ccccc2)c1N(c1ccccc1)c1ccc(-c2c3ccccc3c(/C=C/c3ccc4c5c3ccc3cccc(c35)n4-c3ccccc3)c3ccccc23)cc1. The first-order valence-corrected chi connectivity index (χ1v) is 23.5. The highest BCUT2D eigenvalue weighted by molar-refractivity contribution is 6.26. The highest BCUT2D eigenvalue weighted by Gasteiger charge is 2.24. The summed E-state index contributed by atoms with van der Waals surface area (Å²) in [6.07, 6.45) is 4.61. The molecule has 0 saturated heterocycles. The van der Waals surface area contributed by atoms with Gasteiger partial charge >= 0.3 is 0 Å². The molecule has 0 N–H and O–H groups in total. The molecule has 1 heterocycles. The maximum Gasteiger partial charge on any atom is 0.148 e. The summed E-state index contributed by atoms with van der Waals surface area (Å²) in [7, 11) is 0. The minimum absolute atomic E-state index is 0.298. The monoisotopic (exact) mass is 882 g/mol. The van der Waals surface area contributed by atoms with Crippen LogP contribution in [0.3, 0.4) is 0 Å². The summed E-state index contributed by atoms with van der Waals surface area (Å²) >= 11 is 0. The van der Waals surface area contributed by atoms with Gasteiger partial charge in [-0.2, -0.15) is 0 Å². The van der Waals surface area contributed by atoms with E-state index in [2.05, 4.69) is 185 Å². The smallest absolute Gasteiger partial charge is 0.148 e. The van der Waals surface area contributed by atoms with E-state index in [0.29, 0.717) is 5.69 Å². The second-order valence-corrected chi connectivity index (χ2v) is 17.7.